The lowest BCUT2D eigenvalue weighted by Gasteiger charge is -2.12. The van der Waals surface area contributed by atoms with Gasteiger partial charge in [-0.05, 0) is 43.3 Å². The van der Waals surface area contributed by atoms with Gasteiger partial charge in [-0.2, -0.15) is 10.2 Å². The third kappa shape index (κ3) is 28.8. The number of aliphatic hydroxyl groups excluding tert-OH is 2. The molecule has 58 heavy (non-hydrogen) atoms. The van der Waals surface area contributed by atoms with Gasteiger partial charge in [0.05, 0.1) is 158 Å². The zero-order chi connectivity index (χ0) is 41.4. The van der Waals surface area contributed by atoms with Crippen molar-refractivity contribution in [2.24, 2.45) is 15.2 Å². The van der Waals surface area contributed by atoms with E-state index in [2.05, 4.69) is 20.5 Å². The lowest BCUT2D eigenvalue weighted by Crippen LogP contribution is -2.32. The number of anilines is 1. The molecule has 0 aliphatic rings. The number of nitrogens with one attached hydrogen (secondary N) is 1. The van der Waals surface area contributed by atoms with Gasteiger partial charge < -0.3 is 67.6 Å². The third-order valence-electron chi connectivity index (χ3n) is 7.35. The van der Waals surface area contributed by atoms with E-state index in [1.54, 1.807) is 43.3 Å². The minimum atomic E-state index is -0.941. The molecule has 18 nitrogen and oxygen atoms in total. The molecule has 0 fully saturated rings. The first-order chi connectivity index (χ1) is 28.6. The third-order valence-corrected chi connectivity index (χ3v) is 7.35. The van der Waals surface area contributed by atoms with Crippen LogP contribution in [0.2, 0.25) is 0 Å². The molecule has 0 aliphatic carbocycles. The number of aliphatic hydroxyl groups is 2. The molecule has 0 spiro atoms. The minimum Gasteiger partial charge on any atom is -0.491 e. The predicted octanol–water partition coefficient (Wildman–Crippen LogP) is 2.77. The van der Waals surface area contributed by atoms with Crippen molar-refractivity contribution in [3.8, 4) is 5.75 Å². The van der Waals surface area contributed by atoms with Crippen LogP contribution in [-0.2, 0) is 52.2 Å². The van der Waals surface area contributed by atoms with Crippen molar-refractivity contribution in [1.82, 2.24) is 0 Å². The molecule has 328 valence electrons. The zero-order valence-corrected chi connectivity index (χ0v) is 33.9. The molecule has 3 N–H and O–H groups in total. The highest BCUT2D eigenvalue weighted by Gasteiger charge is 2.21. The number of para-hydroxylation sites is 1. The number of aliphatic imine (C=N–C) groups is 1. The maximum atomic E-state index is 13.1. The van der Waals surface area contributed by atoms with Gasteiger partial charge in [0.1, 0.15) is 12.4 Å². The fourth-order valence-electron chi connectivity index (χ4n) is 4.48. The number of carbonyl (C=O) groups is 1. The SMILES string of the molecule is CC(=NCCOCCO)C(N=Nc1ccc(OCCOCCOCCOCCOCCOCCOCCOCCOCCOCCO)cc1)C(=O)Nc1ccccc1. The fraction of sp³-hybridized carbons (Fsp3) is 0.650. The van der Waals surface area contributed by atoms with Crippen molar-refractivity contribution in [2.45, 2.75) is 13.0 Å². The highest BCUT2D eigenvalue weighted by Crippen LogP contribution is 2.19. The van der Waals surface area contributed by atoms with Gasteiger partial charge in [-0.3, -0.25) is 9.79 Å². The van der Waals surface area contributed by atoms with Crippen molar-refractivity contribution in [2.75, 3.05) is 164 Å². The van der Waals surface area contributed by atoms with Gasteiger partial charge in [-0.15, -0.1) is 0 Å². The topological polar surface area (TPSA) is 208 Å². The van der Waals surface area contributed by atoms with Gasteiger partial charge in [-0.1, -0.05) is 18.2 Å². The Bertz CT molecular complexity index is 1290. The molecule has 0 aromatic heterocycles. The summed E-state index contributed by atoms with van der Waals surface area (Å²) in [5.41, 5.74) is 1.68. The molecule has 0 saturated carbocycles. The Balaban J connectivity index is 1.42. The van der Waals surface area contributed by atoms with Crippen molar-refractivity contribution in [1.29, 1.82) is 0 Å². The van der Waals surface area contributed by atoms with Crippen molar-refractivity contribution < 1.29 is 67.1 Å². The van der Waals surface area contributed by atoms with Crippen LogP contribution in [0, 0.1) is 0 Å². The van der Waals surface area contributed by atoms with E-state index in [0.29, 0.717) is 162 Å². The van der Waals surface area contributed by atoms with Crippen LogP contribution in [-0.4, -0.2) is 186 Å². The predicted molar refractivity (Wildman–Crippen MR) is 216 cm³/mol. The Hall–Kier alpha value is -3.50. The van der Waals surface area contributed by atoms with E-state index in [1.165, 1.54) is 0 Å². The van der Waals surface area contributed by atoms with E-state index in [9.17, 15) is 4.79 Å². The first-order valence-corrected chi connectivity index (χ1v) is 19.6. The maximum Gasteiger partial charge on any atom is 0.256 e. The van der Waals surface area contributed by atoms with Gasteiger partial charge in [0, 0.05) is 11.4 Å². The van der Waals surface area contributed by atoms with Gasteiger partial charge in [0.15, 0.2) is 6.04 Å². The first-order valence-electron chi connectivity index (χ1n) is 19.6. The largest absolute Gasteiger partial charge is 0.491 e. The zero-order valence-electron chi connectivity index (χ0n) is 33.9. The number of carbonyl (C=O) groups excluding carboxylic acids is 1. The second-order valence-corrected chi connectivity index (χ2v) is 11.9. The van der Waals surface area contributed by atoms with E-state index in [-0.39, 0.29) is 25.7 Å². The number of rotatable bonds is 40. The summed E-state index contributed by atoms with van der Waals surface area (Å²) in [5.74, 6) is 0.286. The summed E-state index contributed by atoms with van der Waals surface area (Å²) in [4.78, 5) is 17.5. The summed E-state index contributed by atoms with van der Waals surface area (Å²) in [7, 11) is 0. The number of amides is 1. The summed E-state index contributed by atoms with van der Waals surface area (Å²) in [6.07, 6.45) is 0. The van der Waals surface area contributed by atoms with Crippen LogP contribution in [0.1, 0.15) is 6.92 Å². The van der Waals surface area contributed by atoms with Crippen molar-refractivity contribution in [3.05, 3.63) is 54.6 Å². The number of hydrogen-bond acceptors (Lipinski definition) is 17. The maximum absolute atomic E-state index is 13.1. The number of benzene rings is 2. The molecule has 18 heteroatoms. The second kappa shape index (κ2) is 37.7. The van der Waals surface area contributed by atoms with Gasteiger partial charge in [-0.25, -0.2) is 0 Å². The second-order valence-electron chi connectivity index (χ2n) is 11.9. The summed E-state index contributed by atoms with van der Waals surface area (Å²) < 4.78 is 59.9. The number of ether oxygens (including phenoxy) is 11. The lowest BCUT2D eigenvalue weighted by molar-refractivity contribution is -0.116. The van der Waals surface area contributed by atoms with Crippen LogP contribution >= 0.6 is 0 Å². The molecule has 1 atom stereocenters. The summed E-state index contributed by atoms with van der Waals surface area (Å²) >= 11 is 0. The molecule has 1 unspecified atom stereocenters. The Morgan fingerprint density at radius 1 is 0.534 bits per heavy atom. The smallest absolute Gasteiger partial charge is 0.256 e. The Labute approximate surface area is 342 Å². The molecule has 1 amide bonds. The number of azo groups is 1. The standard InChI is InChI=1S/C40H64N4O14/c1-35(41-11-14-48-15-12-45)39(40(47)42-36-5-3-2-4-6-36)44-43-37-7-9-38(10-8-37)58-34-33-57-32-31-56-30-29-55-28-27-54-26-25-53-24-23-52-22-21-51-20-19-50-18-17-49-16-13-46/h2-10,39,45-46H,11-34H2,1H3,(H,42,47). The molecule has 0 aliphatic heterocycles. The summed E-state index contributed by atoms with van der Waals surface area (Å²) in [5, 5.41) is 28.9. The fourth-order valence-corrected chi connectivity index (χ4v) is 4.48. The molecule has 2 aromatic rings. The molecule has 0 saturated heterocycles. The van der Waals surface area contributed by atoms with Crippen LogP contribution in [0.25, 0.3) is 0 Å². The quantitative estimate of drug-likeness (QED) is 0.0502. The van der Waals surface area contributed by atoms with Gasteiger partial charge >= 0.3 is 0 Å². The minimum absolute atomic E-state index is 0.0154. The molecule has 0 radical (unpaired) electrons. The van der Waals surface area contributed by atoms with E-state index >= 15 is 0 Å². The summed E-state index contributed by atoms with van der Waals surface area (Å²) in [6.45, 7) is 11.2. The van der Waals surface area contributed by atoms with Crippen molar-refractivity contribution >= 4 is 23.0 Å². The molecule has 2 rings (SSSR count). The lowest BCUT2D eigenvalue weighted by atomic mass is 10.2. The van der Waals surface area contributed by atoms with Crippen LogP contribution in [0.3, 0.4) is 0 Å². The van der Waals surface area contributed by atoms with Crippen LogP contribution < -0.4 is 10.1 Å². The van der Waals surface area contributed by atoms with E-state index in [4.69, 9.17) is 62.3 Å². The van der Waals surface area contributed by atoms with Crippen molar-refractivity contribution in [3.63, 3.8) is 0 Å². The molecule has 0 heterocycles. The normalized spacial score (nSPS) is 12.4. The van der Waals surface area contributed by atoms with E-state index < -0.39 is 6.04 Å². The Kier molecular flexibility index (Phi) is 33.0. The van der Waals surface area contributed by atoms with Crippen LogP contribution in [0.4, 0.5) is 11.4 Å². The Morgan fingerprint density at radius 2 is 0.931 bits per heavy atom. The van der Waals surface area contributed by atoms with Crippen LogP contribution in [0.5, 0.6) is 5.75 Å². The van der Waals surface area contributed by atoms with E-state index in [1.807, 2.05) is 18.2 Å². The Morgan fingerprint density at radius 3 is 1.36 bits per heavy atom. The number of hydrogen-bond donors (Lipinski definition) is 3. The molecule has 2 aromatic carbocycles. The number of nitrogens with zero attached hydrogens (tertiary/aromatic N) is 3. The highest BCUT2D eigenvalue weighted by atomic mass is 16.6. The first kappa shape index (κ1) is 50.6. The average molecular weight is 825 g/mol. The monoisotopic (exact) mass is 824 g/mol. The summed E-state index contributed by atoms with van der Waals surface area (Å²) in [6, 6.07) is 15.2. The van der Waals surface area contributed by atoms with Gasteiger partial charge in [0.2, 0.25) is 0 Å². The van der Waals surface area contributed by atoms with Crippen LogP contribution in [0.15, 0.2) is 69.8 Å². The van der Waals surface area contributed by atoms with E-state index in [0.717, 1.165) is 0 Å². The highest BCUT2D eigenvalue weighted by molar-refractivity contribution is 6.12. The molecular formula is C40H64N4O14. The van der Waals surface area contributed by atoms with Gasteiger partial charge in [0.25, 0.3) is 5.91 Å². The molecular weight excluding hydrogens is 760 g/mol. The average Bonchev–Trinajstić information content (AvgIpc) is 3.24. The molecule has 0 bridgehead atoms.